The van der Waals surface area contributed by atoms with E-state index in [0.29, 0.717) is 0 Å². The van der Waals surface area contributed by atoms with Crippen LogP contribution < -0.4 is 5.32 Å². The molecule has 7 rings (SSSR count). The highest BCUT2D eigenvalue weighted by Crippen LogP contribution is 2.38. The van der Waals surface area contributed by atoms with Crippen LogP contribution in [0.2, 0.25) is 0 Å². The molecule has 0 radical (unpaired) electrons. The van der Waals surface area contributed by atoms with Crippen molar-refractivity contribution < 1.29 is 0 Å². The summed E-state index contributed by atoms with van der Waals surface area (Å²) in [4.78, 5) is 5.44. The third-order valence-corrected chi connectivity index (χ3v) is 8.81. The highest BCUT2D eigenvalue weighted by molar-refractivity contribution is 6.09. The van der Waals surface area contributed by atoms with Crippen molar-refractivity contribution in [3.63, 3.8) is 0 Å². The molecular weight excluding hydrogens is 532 g/mol. The van der Waals surface area contributed by atoms with Crippen molar-refractivity contribution in [2.45, 2.75) is 45.6 Å². The van der Waals surface area contributed by atoms with Gasteiger partial charge >= 0.3 is 0 Å². The Hall–Kier alpha value is -4.95. The molecule has 2 nitrogen and oxygen atoms in total. The normalized spacial score (nSPS) is 12.1. The van der Waals surface area contributed by atoms with Gasteiger partial charge in [0, 0.05) is 11.3 Å². The molecule has 2 heteroatoms. The zero-order chi connectivity index (χ0) is 29.9. The van der Waals surface area contributed by atoms with Crippen molar-refractivity contribution in [1.29, 1.82) is 0 Å². The van der Waals surface area contributed by atoms with Crippen molar-refractivity contribution in [3.8, 4) is 11.3 Å². The number of aryl methyl sites for hydroxylation is 2. The van der Waals surface area contributed by atoms with Crippen LogP contribution in [0.3, 0.4) is 0 Å². The second kappa shape index (κ2) is 12.3. The van der Waals surface area contributed by atoms with Crippen LogP contribution in [0.25, 0.3) is 43.6 Å². The number of pyridine rings is 1. The maximum absolute atomic E-state index is 5.44. The van der Waals surface area contributed by atoms with Crippen LogP contribution in [-0.2, 0) is 12.8 Å². The lowest BCUT2D eigenvalue weighted by atomic mass is 9.90. The highest BCUT2D eigenvalue weighted by atomic mass is 15.0. The van der Waals surface area contributed by atoms with Crippen molar-refractivity contribution in [2.75, 3.05) is 5.32 Å². The molecule has 0 spiro atoms. The zero-order valence-electron chi connectivity index (χ0n) is 25.6. The Bertz CT molecular complexity index is 2060. The second-order valence-electron chi connectivity index (χ2n) is 11.7. The van der Waals surface area contributed by atoms with Gasteiger partial charge in [-0.3, -0.25) is 4.98 Å². The minimum Gasteiger partial charge on any atom is -0.372 e. The average Bonchev–Trinajstić information content (AvgIpc) is 3.08. The summed E-state index contributed by atoms with van der Waals surface area (Å²) in [6.07, 6.45) is 4.27. The van der Waals surface area contributed by atoms with E-state index in [9.17, 15) is 0 Å². The molecule has 7 aromatic rings. The number of anilines is 1. The minimum atomic E-state index is -0.145. The Morgan fingerprint density at radius 3 is 1.89 bits per heavy atom. The first-order valence-electron chi connectivity index (χ1n) is 16.0. The molecule has 0 fully saturated rings. The van der Waals surface area contributed by atoms with E-state index in [1.165, 1.54) is 54.7 Å². The predicted molar refractivity (Wildman–Crippen MR) is 189 cm³/mol. The molecule has 0 bridgehead atoms. The number of fused-ring (bicyclic) bond motifs is 4. The van der Waals surface area contributed by atoms with Crippen LogP contribution in [0.1, 0.15) is 55.1 Å². The van der Waals surface area contributed by atoms with Gasteiger partial charge in [-0.25, -0.2) is 0 Å². The first-order chi connectivity index (χ1) is 21.7. The molecule has 0 saturated heterocycles. The van der Waals surface area contributed by atoms with Crippen LogP contribution in [-0.4, -0.2) is 4.98 Å². The fourth-order valence-electron chi connectivity index (χ4n) is 6.78. The van der Waals surface area contributed by atoms with Gasteiger partial charge < -0.3 is 5.32 Å². The number of para-hydroxylation sites is 1. The van der Waals surface area contributed by atoms with Crippen LogP contribution in [0.4, 0.5) is 5.69 Å². The number of rotatable bonds is 9. The summed E-state index contributed by atoms with van der Waals surface area (Å²) in [6, 6.07) is 48.2. The Labute approximate surface area is 260 Å². The summed E-state index contributed by atoms with van der Waals surface area (Å²) in [5.74, 6) is 0. The number of hydrogen-bond donors (Lipinski definition) is 1. The molecule has 0 aliphatic carbocycles. The molecule has 44 heavy (non-hydrogen) atoms. The van der Waals surface area contributed by atoms with E-state index in [4.69, 9.17) is 4.98 Å². The lowest BCUT2D eigenvalue weighted by Crippen LogP contribution is -2.17. The first kappa shape index (κ1) is 27.9. The van der Waals surface area contributed by atoms with Gasteiger partial charge in [0.2, 0.25) is 0 Å². The van der Waals surface area contributed by atoms with Crippen LogP contribution in [0.15, 0.2) is 133 Å². The minimum absolute atomic E-state index is 0.145. The zero-order valence-corrected chi connectivity index (χ0v) is 25.6. The van der Waals surface area contributed by atoms with Crippen LogP contribution >= 0.6 is 0 Å². The van der Waals surface area contributed by atoms with E-state index in [2.05, 4.69) is 153 Å². The molecule has 0 saturated carbocycles. The summed E-state index contributed by atoms with van der Waals surface area (Å²) < 4.78 is 0. The largest absolute Gasteiger partial charge is 0.372 e. The molecule has 0 aliphatic heterocycles. The van der Waals surface area contributed by atoms with E-state index in [1.54, 1.807) is 0 Å². The fraction of sp³-hybridized carbons (Fsp3) is 0.167. The summed E-state index contributed by atoms with van der Waals surface area (Å²) in [6.45, 7) is 4.53. The molecule has 1 heterocycles. The molecule has 0 amide bonds. The van der Waals surface area contributed by atoms with Gasteiger partial charge in [-0.2, -0.15) is 0 Å². The molecule has 6 aromatic carbocycles. The lowest BCUT2D eigenvalue weighted by Gasteiger charge is -2.26. The van der Waals surface area contributed by atoms with Crippen LogP contribution in [0.5, 0.6) is 0 Å². The van der Waals surface area contributed by atoms with E-state index >= 15 is 0 Å². The van der Waals surface area contributed by atoms with Gasteiger partial charge in [0.15, 0.2) is 0 Å². The molecule has 0 aliphatic rings. The van der Waals surface area contributed by atoms with Crippen molar-refractivity contribution in [1.82, 2.24) is 4.98 Å². The molecule has 1 atom stereocenters. The molecule has 1 unspecified atom stereocenters. The van der Waals surface area contributed by atoms with Gasteiger partial charge in [-0.15, -0.1) is 0 Å². The van der Waals surface area contributed by atoms with Gasteiger partial charge in [0.25, 0.3) is 0 Å². The fourth-order valence-corrected chi connectivity index (χ4v) is 6.78. The molecule has 216 valence electrons. The smallest absolute Gasteiger partial charge is 0.0946 e. The Kier molecular flexibility index (Phi) is 7.81. The maximum atomic E-state index is 5.44. The topological polar surface area (TPSA) is 24.9 Å². The number of hydrogen-bond acceptors (Lipinski definition) is 2. The highest BCUT2D eigenvalue weighted by Gasteiger charge is 2.23. The Balaban J connectivity index is 1.47. The third kappa shape index (κ3) is 5.22. The average molecular weight is 571 g/mol. The predicted octanol–water partition coefficient (Wildman–Crippen LogP) is 11.3. The number of benzene rings is 6. The summed E-state index contributed by atoms with van der Waals surface area (Å²) in [5, 5.41) is 11.6. The summed E-state index contributed by atoms with van der Waals surface area (Å²) in [5.41, 5.74) is 8.42. The number of nitrogens with one attached hydrogen (secondary N) is 1. The van der Waals surface area contributed by atoms with Crippen LogP contribution in [0, 0.1) is 0 Å². The van der Waals surface area contributed by atoms with Gasteiger partial charge in [0.05, 0.1) is 17.4 Å². The quantitative estimate of drug-likeness (QED) is 0.175. The monoisotopic (exact) mass is 570 g/mol. The van der Waals surface area contributed by atoms with E-state index in [1.807, 2.05) is 0 Å². The molecule has 1 N–H and O–H groups in total. The first-order valence-corrected chi connectivity index (χ1v) is 16.0. The SMILES string of the molecule is CCCc1cccc(CCC)c1NC(c1cccc(-c2cccc3ccccc23)n1)c1cc2ccccc2c2ccccc12. The van der Waals surface area contributed by atoms with E-state index in [0.717, 1.165) is 42.6 Å². The third-order valence-electron chi connectivity index (χ3n) is 8.81. The summed E-state index contributed by atoms with van der Waals surface area (Å²) >= 11 is 0. The van der Waals surface area contributed by atoms with E-state index in [-0.39, 0.29) is 6.04 Å². The van der Waals surface area contributed by atoms with E-state index < -0.39 is 0 Å². The number of nitrogens with zero attached hydrogens (tertiary/aromatic N) is 1. The Morgan fingerprint density at radius 1 is 0.545 bits per heavy atom. The maximum Gasteiger partial charge on any atom is 0.0946 e. The van der Waals surface area contributed by atoms with Crippen molar-refractivity contribution >= 4 is 38.0 Å². The number of aromatic nitrogens is 1. The van der Waals surface area contributed by atoms with Gasteiger partial charge in [0.1, 0.15) is 0 Å². The van der Waals surface area contributed by atoms with Crippen molar-refractivity contribution in [2.24, 2.45) is 0 Å². The van der Waals surface area contributed by atoms with Gasteiger partial charge in [-0.05, 0) is 80.0 Å². The Morgan fingerprint density at radius 2 is 1.14 bits per heavy atom. The lowest BCUT2D eigenvalue weighted by molar-refractivity contribution is 0.859. The van der Waals surface area contributed by atoms with Gasteiger partial charge in [-0.1, -0.05) is 142 Å². The van der Waals surface area contributed by atoms with Crippen molar-refractivity contribution in [3.05, 3.63) is 156 Å². The molecular formula is C42H38N2. The second-order valence-corrected chi connectivity index (χ2v) is 11.7. The molecule has 1 aromatic heterocycles. The summed E-state index contributed by atoms with van der Waals surface area (Å²) in [7, 11) is 0. The standard InChI is InChI=1S/C42H38N2/c1-3-14-30-19-11-20-31(15-4-2)41(30)44-42(38-28-32-17-6-8-22-34(32)35-23-9-10-24-36(35)38)40-27-13-26-39(43-40)37-25-12-18-29-16-5-7-21-33(29)37/h5-13,16-28,42,44H,3-4,14-15H2,1-2H3.